The number of ether oxygens (including phenoxy) is 2. The molecule has 2 aliphatic rings. The molecule has 3 aromatic rings. The highest BCUT2D eigenvalue weighted by Gasteiger charge is 2.36. The molecule has 2 saturated heterocycles. The van der Waals surface area contributed by atoms with Gasteiger partial charge in [0.15, 0.2) is 0 Å². The summed E-state index contributed by atoms with van der Waals surface area (Å²) in [6.45, 7) is 2.74. The Morgan fingerprint density at radius 3 is 2.55 bits per heavy atom. The number of anilines is 2. The monoisotopic (exact) mass is 529 g/mol. The Bertz CT molecular complexity index is 1360. The molecule has 0 unspecified atom stereocenters. The Morgan fingerprint density at radius 2 is 1.74 bits per heavy atom. The molecule has 0 atom stereocenters. The van der Waals surface area contributed by atoms with Gasteiger partial charge in [0, 0.05) is 13.1 Å². The number of hydrogen-bond acceptors (Lipinski definition) is 7. The number of para-hydroxylation sites is 2. The largest absolute Gasteiger partial charge is 0.489 e. The molecule has 0 spiro atoms. The minimum absolute atomic E-state index is 0.261. The van der Waals surface area contributed by atoms with Crippen molar-refractivity contribution >= 4 is 46.3 Å². The molecular weight excluding hydrogens is 502 g/mol. The van der Waals surface area contributed by atoms with Crippen LogP contribution in [0.15, 0.2) is 83.8 Å². The van der Waals surface area contributed by atoms with E-state index in [9.17, 15) is 14.4 Å². The number of carbonyl (C=O) groups excluding carboxylic acids is 3. The number of benzene rings is 3. The molecule has 0 aromatic heterocycles. The number of imide groups is 1. The van der Waals surface area contributed by atoms with Gasteiger partial charge in [-0.3, -0.25) is 19.3 Å². The third-order valence-electron chi connectivity index (χ3n) is 6.11. The Morgan fingerprint density at radius 1 is 0.974 bits per heavy atom. The topological polar surface area (TPSA) is 88.2 Å². The van der Waals surface area contributed by atoms with Gasteiger partial charge in [-0.25, -0.2) is 0 Å². The normalized spacial score (nSPS) is 16.7. The fourth-order valence-electron chi connectivity index (χ4n) is 4.22. The molecule has 0 saturated carbocycles. The summed E-state index contributed by atoms with van der Waals surface area (Å²) < 4.78 is 11.3. The maximum absolute atomic E-state index is 13.0. The summed E-state index contributed by atoms with van der Waals surface area (Å²) >= 11 is 0.822. The Balaban J connectivity index is 1.22. The number of nitrogens with one attached hydrogen (secondary N) is 1. The fourth-order valence-corrected chi connectivity index (χ4v) is 5.05. The molecule has 3 amide bonds. The zero-order chi connectivity index (χ0) is 26.3. The molecule has 0 bridgehead atoms. The lowest BCUT2D eigenvalue weighted by Crippen LogP contribution is -2.38. The Hall–Kier alpha value is -4.08. The van der Waals surface area contributed by atoms with Crippen LogP contribution < -0.4 is 15.0 Å². The van der Waals surface area contributed by atoms with Crippen LogP contribution in [-0.2, 0) is 20.9 Å². The first-order chi connectivity index (χ1) is 18.6. The average Bonchev–Trinajstić information content (AvgIpc) is 3.20. The Kier molecular flexibility index (Phi) is 8.06. The van der Waals surface area contributed by atoms with Crippen molar-refractivity contribution in [3.63, 3.8) is 0 Å². The van der Waals surface area contributed by atoms with E-state index < -0.39 is 17.1 Å². The predicted octanol–water partition coefficient (Wildman–Crippen LogP) is 4.78. The zero-order valence-corrected chi connectivity index (χ0v) is 21.5. The maximum Gasteiger partial charge on any atom is 0.294 e. The van der Waals surface area contributed by atoms with Gasteiger partial charge >= 0.3 is 0 Å². The molecule has 9 heteroatoms. The highest BCUT2D eigenvalue weighted by Crippen LogP contribution is 2.33. The van der Waals surface area contributed by atoms with E-state index in [1.165, 1.54) is 0 Å². The summed E-state index contributed by atoms with van der Waals surface area (Å²) in [5, 5.41) is 2.39. The molecule has 0 aliphatic carbocycles. The molecule has 1 N–H and O–H groups in total. The Labute approximate surface area is 225 Å². The second-order valence-electron chi connectivity index (χ2n) is 8.78. The summed E-state index contributed by atoms with van der Waals surface area (Å²) in [5.74, 6) is -0.280. The van der Waals surface area contributed by atoms with Crippen molar-refractivity contribution in [2.45, 2.75) is 6.61 Å². The number of nitrogens with zero attached hydrogens (tertiary/aromatic N) is 2. The standard InChI is InChI=1S/C29H27N3O5S/c33-27(30-24-11-4-5-12-25(24)31-13-15-36-16-14-31)19-32-28(34)26(38-29(32)35)18-22-9-6-10-23(17-22)37-20-21-7-2-1-3-8-21/h1-12,17-18H,13-16,19-20H2,(H,30,33)/b26-18+. The van der Waals surface area contributed by atoms with Crippen LogP contribution in [0.4, 0.5) is 16.2 Å². The predicted molar refractivity (Wildman–Crippen MR) is 148 cm³/mol. The third-order valence-corrected chi connectivity index (χ3v) is 7.02. The van der Waals surface area contributed by atoms with E-state index in [0.29, 0.717) is 31.3 Å². The van der Waals surface area contributed by atoms with E-state index in [4.69, 9.17) is 9.47 Å². The lowest BCUT2D eigenvalue weighted by molar-refractivity contribution is -0.127. The highest BCUT2D eigenvalue weighted by molar-refractivity contribution is 8.18. The van der Waals surface area contributed by atoms with Gasteiger partial charge < -0.3 is 19.7 Å². The van der Waals surface area contributed by atoms with Crippen molar-refractivity contribution in [2.24, 2.45) is 0 Å². The van der Waals surface area contributed by atoms with Crippen molar-refractivity contribution in [3.8, 4) is 5.75 Å². The molecule has 0 radical (unpaired) electrons. The van der Waals surface area contributed by atoms with E-state index in [2.05, 4.69) is 10.2 Å². The molecule has 38 heavy (non-hydrogen) atoms. The maximum atomic E-state index is 13.0. The molecule has 3 aromatic carbocycles. The summed E-state index contributed by atoms with van der Waals surface area (Å²) in [7, 11) is 0. The van der Waals surface area contributed by atoms with E-state index in [1.54, 1.807) is 6.08 Å². The number of morpholine rings is 1. The molecule has 8 nitrogen and oxygen atoms in total. The van der Waals surface area contributed by atoms with Crippen molar-refractivity contribution in [1.29, 1.82) is 0 Å². The SMILES string of the molecule is O=C(CN1C(=O)S/C(=C/c2cccc(OCc3ccccc3)c2)C1=O)Nc1ccccc1N1CCOCC1. The van der Waals surface area contributed by atoms with Gasteiger partial charge in [0.25, 0.3) is 11.1 Å². The van der Waals surface area contributed by atoms with Gasteiger partial charge in [0.05, 0.1) is 29.5 Å². The van der Waals surface area contributed by atoms with E-state index in [1.807, 2.05) is 78.9 Å². The zero-order valence-electron chi connectivity index (χ0n) is 20.7. The van der Waals surface area contributed by atoms with Gasteiger partial charge in [0.2, 0.25) is 5.91 Å². The average molecular weight is 530 g/mol. The molecule has 194 valence electrons. The van der Waals surface area contributed by atoms with Crippen molar-refractivity contribution < 1.29 is 23.9 Å². The number of amides is 3. The number of carbonyl (C=O) groups is 3. The molecule has 2 fully saturated rings. The molecule has 5 rings (SSSR count). The van der Waals surface area contributed by atoms with Gasteiger partial charge in [-0.2, -0.15) is 0 Å². The smallest absolute Gasteiger partial charge is 0.294 e. The van der Waals surface area contributed by atoms with Gasteiger partial charge in [-0.05, 0) is 53.2 Å². The molecule has 2 aliphatic heterocycles. The van der Waals surface area contributed by atoms with Crippen LogP contribution in [0.3, 0.4) is 0 Å². The van der Waals surface area contributed by atoms with Crippen LogP contribution in [-0.4, -0.2) is 54.8 Å². The van der Waals surface area contributed by atoms with Crippen LogP contribution in [0.25, 0.3) is 6.08 Å². The van der Waals surface area contributed by atoms with Crippen molar-refractivity contribution in [3.05, 3.63) is 94.9 Å². The number of thioether (sulfide) groups is 1. The lowest BCUT2D eigenvalue weighted by Gasteiger charge is -2.30. The first kappa shape index (κ1) is 25.6. The lowest BCUT2D eigenvalue weighted by atomic mass is 10.2. The second-order valence-corrected chi connectivity index (χ2v) is 9.77. The first-order valence-electron chi connectivity index (χ1n) is 12.3. The highest BCUT2D eigenvalue weighted by atomic mass is 32.2. The van der Waals surface area contributed by atoms with Crippen molar-refractivity contribution in [1.82, 2.24) is 4.90 Å². The summed E-state index contributed by atoms with van der Waals surface area (Å²) in [4.78, 5) is 41.8. The van der Waals surface area contributed by atoms with Crippen LogP contribution in [0.2, 0.25) is 0 Å². The van der Waals surface area contributed by atoms with Gasteiger partial charge in [0.1, 0.15) is 18.9 Å². The van der Waals surface area contributed by atoms with E-state index in [0.717, 1.165) is 46.6 Å². The number of rotatable bonds is 8. The van der Waals surface area contributed by atoms with Gasteiger partial charge in [-0.1, -0.05) is 54.6 Å². The van der Waals surface area contributed by atoms with E-state index >= 15 is 0 Å². The van der Waals surface area contributed by atoms with Crippen LogP contribution in [0.5, 0.6) is 5.75 Å². The molecule has 2 heterocycles. The van der Waals surface area contributed by atoms with Crippen LogP contribution in [0, 0.1) is 0 Å². The first-order valence-corrected chi connectivity index (χ1v) is 13.1. The third kappa shape index (κ3) is 6.24. The molecular formula is C29H27N3O5S. The summed E-state index contributed by atoms with van der Waals surface area (Å²) in [5.41, 5.74) is 3.29. The summed E-state index contributed by atoms with van der Waals surface area (Å²) in [6, 6.07) is 24.6. The minimum atomic E-state index is -0.493. The quantitative estimate of drug-likeness (QED) is 0.420. The number of hydrogen-bond donors (Lipinski definition) is 1. The minimum Gasteiger partial charge on any atom is -0.489 e. The van der Waals surface area contributed by atoms with Gasteiger partial charge in [-0.15, -0.1) is 0 Å². The van der Waals surface area contributed by atoms with E-state index in [-0.39, 0.29) is 11.4 Å². The van der Waals surface area contributed by atoms with Crippen LogP contribution >= 0.6 is 11.8 Å². The summed E-state index contributed by atoms with van der Waals surface area (Å²) in [6.07, 6.45) is 1.64. The fraction of sp³-hybridized carbons (Fsp3) is 0.207. The van der Waals surface area contributed by atoms with Crippen LogP contribution in [0.1, 0.15) is 11.1 Å². The van der Waals surface area contributed by atoms with Crippen molar-refractivity contribution in [2.75, 3.05) is 43.1 Å². The second kappa shape index (κ2) is 12.0.